The maximum atomic E-state index is 5.08. The Labute approximate surface area is 84.3 Å². The monoisotopic (exact) mass is 195 g/mol. The Hall–Kier alpha value is -0.870. The molecule has 0 saturated carbocycles. The van der Waals surface area contributed by atoms with Crippen LogP contribution in [0.2, 0.25) is 0 Å². The van der Waals surface area contributed by atoms with Crippen LogP contribution in [0.5, 0.6) is 0 Å². The minimum absolute atomic E-state index is 0.695. The van der Waals surface area contributed by atoms with Crippen LogP contribution >= 0.6 is 0 Å². The van der Waals surface area contributed by atoms with Gasteiger partial charge in [-0.05, 0) is 19.9 Å². The molecule has 1 N–H and O–H groups in total. The average Bonchev–Trinajstić information content (AvgIpc) is 2.72. The van der Waals surface area contributed by atoms with Crippen molar-refractivity contribution in [3.05, 3.63) is 18.0 Å². The molecule has 1 aliphatic rings. The van der Waals surface area contributed by atoms with Gasteiger partial charge in [0.1, 0.15) is 0 Å². The highest BCUT2D eigenvalue weighted by Gasteiger charge is 2.18. The first kappa shape index (κ1) is 9.68. The van der Waals surface area contributed by atoms with Crippen LogP contribution < -0.4 is 5.32 Å². The maximum Gasteiger partial charge on any atom is 0.150 e. The van der Waals surface area contributed by atoms with E-state index in [1.54, 1.807) is 6.20 Å². The topological polar surface area (TPSA) is 41.3 Å². The molecule has 4 nitrogen and oxygen atoms in total. The Kier molecular flexibility index (Phi) is 3.16. The highest BCUT2D eigenvalue weighted by atomic mass is 16.5. The number of rotatable bonds is 3. The van der Waals surface area contributed by atoms with Crippen molar-refractivity contribution in [1.29, 1.82) is 0 Å². The Morgan fingerprint density at radius 1 is 1.57 bits per heavy atom. The molecule has 0 radical (unpaired) electrons. The first-order valence-corrected chi connectivity index (χ1v) is 5.17. The maximum absolute atomic E-state index is 5.08. The van der Waals surface area contributed by atoms with E-state index in [-0.39, 0.29) is 0 Å². The highest BCUT2D eigenvalue weighted by Crippen LogP contribution is 2.12. The lowest BCUT2D eigenvalue weighted by atomic mass is 10.1. The Bertz CT molecular complexity index is 252. The van der Waals surface area contributed by atoms with Gasteiger partial charge in [0.15, 0.2) is 5.76 Å². The van der Waals surface area contributed by atoms with Crippen molar-refractivity contribution < 1.29 is 4.52 Å². The van der Waals surface area contributed by atoms with Gasteiger partial charge in [-0.1, -0.05) is 5.16 Å². The summed E-state index contributed by atoms with van der Waals surface area (Å²) < 4.78 is 5.08. The van der Waals surface area contributed by atoms with Crippen molar-refractivity contribution in [2.45, 2.75) is 25.4 Å². The first-order valence-electron chi connectivity index (χ1n) is 5.17. The minimum atomic E-state index is 0.695. The first-order chi connectivity index (χ1) is 6.88. The van der Waals surface area contributed by atoms with Crippen LogP contribution in [-0.4, -0.2) is 36.2 Å². The molecule has 2 heterocycles. The molecule has 0 spiro atoms. The van der Waals surface area contributed by atoms with Gasteiger partial charge in [-0.3, -0.25) is 4.90 Å². The fourth-order valence-electron chi connectivity index (χ4n) is 1.92. The number of hydrogen-bond donors (Lipinski definition) is 1. The number of piperidine rings is 1. The molecular weight excluding hydrogens is 178 g/mol. The van der Waals surface area contributed by atoms with E-state index in [1.807, 2.05) is 13.1 Å². The molecule has 14 heavy (non-hydrogen) atoms. The van der Waals surface area contributed by atoms with Crippen LogP contribution in [0.3, 0.4) is 0 Å². The van der Waals surface area contributed by atoms with Gasteiger partial charge >= 0.3 is 0 Å². The predicted octanol–water partition coefficient (Wildman–Crippen LogP) is 0.858. The lowest BCUT2D eigenvalue weighted by molar-refractivity contribution is 0.176. The van der Waals surface area contributed by atoms with Gasteiger partial charge in [0.05, 0.1) is 12.7 Å². The largest absolute Gasteiger partial charge is 0.360 e. The lowest BCUT2D eigenvalue weighted by Gasteiger charge is -2.30. The van der Waals surface area contributed by atoms with Crippen molar-refractivity contribution in [3.63, 3.8) is 0 Å². The number of aromatic nitrogens is 1. The van der Waals surface area contributed by atoms with Crippen LogP contribution in [0.25, 0.3) is 0 Å². The Balaban J connectivity index is 1.79. The van der Waals surface area contributed by atoms with Crippen molar-refractivity contribution in [2.75, 3.05) is 20.1 Å². The molecule has 0 aliphatic carbocycles. The summed E-state index contributed by atoms with van der Waals surface area (Å²) >= 11 is 0. The standard InChI is InChI=1S/C10H17N3O/c1-11-9-3-6-13(7-4-9)8-10-2-5-12-14-10/h2,5,9,11H,3-4,6-8H2,1H3. The smallest absolute Gasteiger partial charge is 0.150 e. The molecule has 0 amide bonds. The second-order valence-corrected chi connectivity index (χ2v) is 3.82. The molecule has 0 bridgehead atoms. The van der Waals surface area contributed by atoms with E-state index in [4.69, 9.17) is 4.52 Å². The van der Waals surface area contributed by atoms with Crippen molar-refractivity contribution >= 4 is 0 Å². The van der Waals surface area contributed by atoms with Gasteiger partial charge in [-0.15, -0.1) is 0 Å². The molecule has 2 rings (SSSR count). The molecule has 78 valence electrons. The molecule has 1 aromatic rings. The van der Waals surface area contributed by atoms with Crippen molar-refractivity contribution in [3.8, 4) is 0 Å². The summed E-state index contributed by atoms with van der Waals surface area (Å²) in [4.78, 5) is 2.41. The number of likely N-dealkylation sites (tertiary alicyclic amines) is 1. The fraction of sp³-hybridized carbons (Fsp3) is 0.700. The highest BCUT2D eigenvalue weighted by molar-refractivity contribution is 4.93. The third kappa shape index (κ3) is 2.33. The lowest BCUT2D eigenvalue weighted by Crippen LogP contribution is -2.40. The van der Waals surface area contributed by atoms with Gasteiger partial charge in [0, 0.05) is 25.2 Å². The van der Waals surface area contributed by atoms with Crippen LogP contribution in [0.4, 0.5) is 0 Å². The summed E-state index contributed by atoms with van der Waals surface area (Å²) in [6.45, 7) is 3.19. The van der Waals surface area contributed by atoms with E-state index in [2.05, 4.69) is 15.4 Å². The van der Waals surface area contributed by atoms with Gasteiger partial charge < -0.3 is 9.84 Å². The van der Waals surface area contributed by atoms with Crippen LogP contribution in [0.1, 0.15) is 18.6 Å². The molecule has 0 aromatic carbocycles. The summed E-state index contributed by atoms with van der Waals surface area (Å²) in [6.07, 6.45) is 4.16. The third-order valence-corrected chi connectivity index (χ3v) is 2.87. The summed E-state index contributed by atoms with van der Waals surface area (Å²) in [5.74, 6) is 0.966. The van der Waals surface area contributed by atoms with E-state index < -0.39 is 0 Å². The quantitative estimate of drug-likeness (QED) is 0.776. The van der Waals surface area contributed by atoms with Gasteiger partial charge in [0.2, 0.25) is 0 Å². The van der Waals surface area contributed by atoms with E-state index in [9.17, 15) is 0 Å². The van der Waals surface area contributed by atoms with E-state index >= 15 is 0 Å². The van der Waals surface area contributed by atoms with E-state index in [0.717, 1.165) is 25.4 Å². The SMILES string of the molecule is CNC1CCN(Cc2ccno2)CC1. The van der Waals surface area contributed by atoms with Crippen molar-refractivity contribution in [1.82, 2.24) is 15.4 Å². The summed E-state index contributed by atoms with van der Waals surface area (Å²) in [5.41, 5.74) is 0. The average molecular weight is 195 g/mol. The molecular formula is C10H17N3O. The second kappa shape index (κ2) is 4.57. The van der Waals surface area contributed by atoms with Crippen LogP contribution in [0, 0.1) is 0 Å². The summed E-state index contributed by atoms with van der Waals surface area (Å²) in [6, 6.07) is 2.63. The summed E-state index contributed by atoms with van der Waals surface area (Å²) in [5, 5.41) is 7.03. The third-order valence-electron chi connectivity index (χ3n) is 2.87. The predicted molar refractivity (Wildman–Crippen MR) is 53.9 cm³/mol. The second-order valence-electron chi connectivity index (χ2n) is 3.82. The molecule has 0 unspecified atom stereocenters. The normalized spacial score (nSPS) is 20.1. The van der Waals surface area contributed by atoms with Crippen LogP contribution in [-0.2, 0) is 6.54 Å². The molecule has 1 aromatic heterocycles. The molecule has 4 heteroatoms. The van der Waals surface area contributed by atoms with Crippen LogP contribution in [0.15, 0.2) is 16.8 Å². The Morgan fingerprint density at radius 3 is 2.93 bits per heavy atom. The fourth-order valence-corrected chi connectivity index (χ4v) is 1.92. The van der Waals surface area contributed by atoms with E-state index in [1.165, 1.54) is 12.8 Å². The number of nitrogens with one attached hydrogen (secondary N) is 1. The molecule has 0 atom stereocenters. The number of hydrogen-bond acceptors (Lipinski definition) is 4. The molecule has 1 fully saturated rings. The zero-order chi connectivity index (χ0) is 9.80. The zero-order valence-electron chi connectivity index (χ0n) is 8.57. The minimum Gasteiger partial charge on any atom is -0.360 e. The van der Waals surface area contributed by atoms with Crippen molar-refractivity contribution in [2.24, 2.45) is 0 Å². The Morgan fingerprint density at radius 2 is 2.36 bits per heavy atom. The van der Waals surface area contributed by atoms with Gasteiger partial charge in [0.25, 0.3) is 0 Å². The van der Waals surface area contributed by atoms with E-state index in [0.29, 0.717) is 6.04 Å². The van der Waals surface area contributed by atoms with Gasteiger partial charge in [-0.25, -0.2) is 0 Å². The summed E-state index contributed by atoms with van der Waals surface area (Å²) in [7, 11) is 2.04. The molecule has 1 saturated heterocycles. The number of nitrogens with zero attached hydrogens (tertiary/aromatic N) is 2. The molecule has 1 aliphatic heterocycles. The van der Waals surface area contributed by atoms with Gasteiger partial charge in [-0.2, -0.15) is 0 Å². The zero-order valence-corrected chi connectivity index (χ0v) is 8.57.